The van der Waals surface area contributed by atoms with Crippen molar-refractivity contribution < 1.29 is 5.11 Å². The first-order chi connectivity index (χ1) is 9.15. The van der Waals surface area contributed by atoms with Crippen molar-refractivity contribution in [3.8, 4) is 0 Å². The van der Waals surface area contributed by atoms with Gasteiger partial charge in [0, 0.05) is 13.1 Å². The molecule has 0 spiro atoms. The fourth-order valence-corrected chi connectivity index (χ4v) is 2.44. The van der Waals surface area contributed by atoms with Crippen molar-refractivity contribution in [1.82, 2.24) is 14.9 Å². The molecule has 2 rings (SSSR count). The topological polar surface area (TPSA) is 61.3 Å². The average Bonchev–Trinajstić information content (AvgIpc) is 2.40. The standard InChI is InChI=1S/C13H21ClN4O/c1-10-2-4-18(5-3-10)8-11(19)6-16-13-12(14)7-15-9-17-13/h7,9-11,19H,2-6,8H2,1H3,(H,15,16,17). The van der Waals surface area contributed by atoms with E-state index in [1.807, 2.05) is 0 Å². The summed E-state index contributed by atoms with van der Waals surface area (Å²) in [4.78, 5) is 10.2. The van der Waals surface area contributed by atoms with Crippen molar-refractivity contribution in [3.05, 3.63) is 17.5 Å². The van der Waals surface area contributed by atoms with Gasteiger partial charge < -0.3 is 15.3 Å². The minimum absolute atomic E-state index is 0.417. The third-order valence-corrected chi connectivity index (χ3v) is 3.79. The van der Waals surface area contributed by atoms with E-state index in [2.05, 4.69) is 27.1 Å². The van der Waals surface area contributed by atoms with Crippen LogP contribution in [0.25, 0.3) is 0 Å². The summed E-state index contributed by atoms with van der Waals surface area (Å²) in [6, 6.07) is 0. The van der Waals surface area contributed by atoms with Gasteiger partial charge in [0.1, 0.15) is 17.2 Å². The van der Waals surface area contributed by atoms with Crippen LogP contribution in [0.3, 0.4) is 0 Å². The maximum Gasteiger partial charge on any atom is 0.148 e. The number of nitrogens with zero attached hydrogens (tertiary/aromatic N) is 3. The Labute approximate surface area is 119 Å². The van der Waals surface area contributed by atoms with Gasteiger partial charge in [0.25, 0.3) is 0 Å². The quantitative estimate of drug-likeness (QED) is 0.861. The van der Waals surface area contributed by atoms with Gasteiger partial charge in [-0.1, -0.05) is 18.5 Å². The Balaban J connectivity index is 1.73. The minimum Gasteiger partial charge on any atom is -0.390 e. The second-order valence-corrected chi connectivity index (χ2v) is 5.64. The van der Waals surface area contributed by atoms with Crippen LogP contribution in [0.15, 0.2) is 12.5 Å². The predicted molar refractivity (Wildman–Crippen MR) is 76.4 cm³/mol. The molecule has 0 bridgehead atoms. The maximum atomic E-state index is 10.0. The van der Waals surface area contributed by atoms with Crippen molar-refractivity contribution in [2.45, 2.75) is 25.9 Å². The van der Waals surface area contributed by atoms with E-state index in [4.69, 9.17) is 11.6 Å². The summed E-state index contributed by atoms with van der Waals surface area (Å²) in [5, 5.41) is 13.6. The van der Waals surface area contributed by atoms with Crippen LogP contribution in [-0.2, 0) is 0 Å². The molecule has 1 aromatic rings. The lowest BCUT2D eigenvalue weighted by Gasteiger charge is -2.31. The molecule has 2 heterocycles. The number of hydrogen-bond donors (Lipinski definition) is 2. The summed E-state index contributed by atoms with van der Waals surface area (Å²) in [5.41, 5.74) is 0. The van der Waals surface area contributed by atoms with Crippen LogP contribution >= 0.6 is 11.6 Å². The molecule has 1 aliphatic heterocycles. The van der Waals surface area contributed by atoms with E-state index in [9.17, 15) is 5.11 Å². The van der Waals surface area contributed by atoms with Crippen LogP contribution in [0.4, 0.5) is 5.82 Å². The van der Waals surface area contributed by atoms with Crippen LogP contribution in [0, 0.1) is 5.92 Å². The molecule has 0 aromatic carbocycles. The van der Waals surface area contributed by atoms with E-state index in [1.165, 1.54) is 25.4 Å². The second-order valence-electron chi connectivity index (χ2n) is 5.24. The van der Waals surface area contributed by atoms with Crippen molar-refractivity contribution in [1.29, 1.82) is 0 Å². The highest BCUT2D eigenvalue weighted by Crippen LogP contribution is 2.17. The Morgan fingerprint density at radius 3 is 2.95 bits per heavy atom. The normalized spacial score (nSPS) is 19.3. The molecule has 1 aromatic heterocycles. The Bertz CT molecular complexity index is 396. The molecule has 0 radical (unpaired) electrons. The molecule has 19 heavy (non-hydrogen) atoms. The van der Waals surface area contributed by atoms with Crippen LogP contribution in [0.2, 0.25) is 5.02 Å². The first-order valence-corrected chi connectivity index (χ1v) is 7.12. The molecule has 1 aliphatic rings. The third kappa shape index (κ3) is 4.60. The van der Waals surface area contributed by atoms with Crippen LogP contribution in [0.5, 0.6) is 0 Å². The van der Waals surface area contributed by atoms with Gasteiger partial charge in [0.15, 0.2) is 0 Å². The summed E-state index contributed by atoms with van der Waals surface area (Å²) in [5.74, 6) is 1.38. The Kier molecular flexibility index (Phi) is 5.36. The monoisotopic (exact) mass is 284 g/mol. The number of piperidine rings is 1. The van der Waals surface area contributed by atoms with Gasteiger partial charge >= 0.3 is 0 Å². The Hall–Kier alpha value is -0.910. The molecule has 0 saturated carbocycles. The number of aliphatic hydroxyl groups is 1. The fourth-order valence-electron chi connectivity index (χ4n) is 2.26. The molecule has 1 fully saturated rings. The summed E-state index contributed by atoms with van der Waals surface area (Å²) in [6.45, 7) is 5.58. The number of hydrogen-bond acceptors (Lipinski definition) is 5. The molecule has 1 saturated heterocycles. The highest BCUT2D eigenvalue weighted by atomic mass is 35.5. The summed E-state index contributed by atoms with van der Waals surface area (Å²) in [6.07, 6.45) is 5.00. The molecular formula is C13H21ClN4O. The number of halogens is 1. The minimum atomic E-state index is -0.417. The van der Waals surface area contributed by atoms with E-state index in [0.717, 1.165) is 19.0 Å². The van der Waals surface area contributed by atoms with E-state index < -0.39 is 6.10 Å². The van der Waals surface area contributed by atoms with Crippen molar-refractivity contribution in [3.63, 3.8) is 0 Å². The second kappa shape index (κ2) is 7.03. The van der Waals surface area contributed by atoms with Gasteiger partial charge in [0.2, 0.25) is 0 Å². The number of rotatable bonds is 5. The van der Waals surface area contributed by atoms with Gasteiger partial charge in [-0.3, -0.25) is 0 Å². The number of β-amino-alcohol motifs (C(OH)–C–C–N with tert-alkyl or cyclic N) is 1. The lowest BCUT2D eigenvalue weighted by Crippen LogP contribution is -2.40. The van der Waals surface area contributed by atoms with Gasteiger partial charge in [-0.15, -0.1) is 0 Å². The maximum absolute atomic E-state index is 10.0. The molecule has 0 aliphatic carbocycles. The lowest BCUT2D eigenvalue weighted by atomic mass is 9.99. The number of aromatic nitrogens is 2. The largest absolute Gasteiger partial charge is 0.390 e. The highest BCUT2D eigenvalue weighted by molar-refractivity contribution is 6.32. The Morgan fingerprint density at radius 1 is 1.53 bits per heavy atom. The highest BCUT2D eigenvalue weighted by Gasteiger charge is 2.18. The zero-order valence-corrected chi connectivity index (χ0v) is 12.0. The zero-order chi connectivity index (χ0) is 13.7. The molecular weight excluding hydrogens is 264 g/mol. The fraction of sp³-hybridized carbons (Fsp3) is 0.692. The smallest absolute Gasteiger partial charge is 0.148 e. The van der Waals surface area contributed by atoms with Gasteiger partial charge in [0.05, 0.1) is 12.3 Å². The molecule has 5 nitrogen and oxygen atoms in total. The third-order valence-electron chi connectivity index (χ3n) is 3.52. The predicted octanol–water partition coefficient (Wildman–Crippen LogP) is 1.63. The molecule has 1 atom stereocenters. The van der Waals surface area contributed by atoms with E-state index >= 15 is 0 Å². The van der Waals surface area contributed by atoms with Crippen LogP contribution in [-0.4, -0.2) is 52.3 Å². The van der Waals surface area contributed by atoms with Crippen LogP contribution < -0.4 is 5.32 Å². The summed E-state index contributed by atoms with van der Waals surface area (Å²) in [7, 11) is 0. The van der Waals surface area contributed by atoms with Gasteiger partial charge in [-0.05, 0) is 31.8 Å². The average molecular weight is 285 g/mol. The number of nitrogens with one attached hydrogen (secondary N) is 1. The molecule has 1 unspecified atom stereocenters. The van der Waals surface area contributed by atoms with Crippen molar-refractivity contribution in [2.75, 3.05) is 31.5 Å². The van der Waals surface area contributed by atoms with E-state index in [1.54, 1.807) is 0 Å². The lowest BCUT2D eigenvalue weighted by molar-refractivity contribution is 0.0989. The van der Waals surface area contributed by atoms with Crippen LogP contribution in [0.1, 0.15) is 19.8 Å². The van der Waals surface area contributed by atoms with E-state index in [-0.39, 0.29) is 0 Å². The number of likely N-dealkylation sites (tertiary alicyclic amines) is 1. The number of aliphatic hydroxyl groups excluding tert-OH is 1. The first kappa shape index (κ1) is 14.5. The number of anilines is 1. The van der Waals surface area contributed by atoms with Crippen molar-refractivity contribution in [2.24, 2.45) is 5.92 Å². The molecule has 106 valence electrons. The van der Waals surface area contributed by atoms with E-state index in [0.29, 0.717) is 23.9 Å². The molecule has 6 heteroatoms. The van der Waals surface area contributed by atoms with Gasteiger partial charge in [-0.25, -0.2) is 9.97 Å². The van der Waals surface area contributed by atoms with Crippen molar-refractivity contribution >= 4 is 17.4 Å². The zero-order valence-electron chi connectivity index (χ0n) is 11.2. The first-order valence-electron chi connectivity index (χ1n) is 6.75. The Morgan fingerprint density at radius 2 is 2.26 bits per heavy atom. The summed E-state index contributed by atoms with van der Waals surface area (Å²) >= 11 is 5.94. The summed E-state index contributed by atoms with van der Waals surface area (Å²) < 4.78 is 0. The molecule has 2 N–H and O–H groups in total. The molecule has 0 amide bonds. The SMILES string of the molecule is CC1CCN(CC(O)CNc2ncncc2Cl)CC1. The van der Waals surface area contributed by atoms with Gasteiger partial charge in [-0.2, -0.15) is 0 Å².